The molecule has 0 saturated heterocycles. The van der Waals surface area contributed by atoms with E-state index in [0.717, 1.165) is 10.9 Å². The van der Waals surface area contributed by atoms with Crippen LogP contribution in [-0.2, 0) is 0 Å². The summed E-state index contributed by atoms with van der Waals surface area (Å²) in [5.74, 6) is -0.637. The predicted molar refractivity (Wildman–Crippen MR) is 105 cm³/mol. The average Bonchev–Trinajstić information content (AvgIpc) is 3.13. The highest BCUT2D eigenvalue weighted by atomic mass is 32.2. The molecule has 0 spiro atoms. The Balaban J connectivity index is 1.74. The summed E-state index contributed by atoms with van der Waals surface area (Å²) in [5.41, 5.74) is 2.50. The summed E-state index contributed by atoms with van der Waals surface area (Å²) >= 11 is 1.41. The third-order valence-electron chi connectivity index (χ3n) is 4.12. The molecule has 4 aromatic rings. The number of nitrogens with zero attached hydrogens (tertiary/aromatic N) is 3. The SMILES string of the molecule is CSc1ncc(C(=O)Nc2cccc3ncccc23)n1-c1ccc(F)cc1. The molecule has 4 rings (SSSR count). The fourth-order valence-corrected chi connectivity index (χ4v) is 3.42. The number of carbonyl (C=O) groups excluding carboxylic acids is 1. The summed E-state index contributed by atoms with van der Waals surface area (Å²) in [6.07, 6.45) is 5.11. The fourth-order valence-electron chi connectivity index (χ4n) is 2.88. The first-order valence-corrected chi connectivity index (χ1v) is 9.42. The lowest BCUT2D eigenvalue weighted by molar-refractivity contribution is 0.102. The van der Waals surface area contributed by atoms with Gasteiger partial charge in [0.2, 0.25) is 0 Å². The summed E-state index contributed by atoms with van der Waals surface area (Å²) in [6.45, 7) is 0. The Morgan fingerprint density at radius 2 is 1.89 bits per heavy atom. The molecule has 134 valence electrons. The van der Waals surface area contributed by atoms with Gasteiger partial charge in [-0.25, -0.2) is 9.37 Å². The van der Waals surface area contributed by atoms with Crippen molar-refractivity contribution in [2.75, 3.05) is 11.6 Å². The van der Waals surface area contributed by atoms with Crippen molar-refractivity contribution in [3.05, 3.63) is 78.5 Å². The largest absolute Gasteiger partial charge is 0.320 e. The molecule has 0 aliphatic heterocycles. The van der Waals surface area contributed by atoms with E-state index >= 15 is 0 Å². The molecular formula is C20H15FN4OS. The Bertz CT molecular complexity index is 1120. The van der Waals surface area contributed by atoms with Gasteiger partial charge in [-0.1, -0.05) is 17.8 Å². The number of hydrogen-bond acceptors (Lipinski definition) is 4. The van der Waals surface area contributed by atoms with Crippen LogP contribution in [0.25, 0.3) is 16.6 Å². The highest BCUT2D eigenvalue weighted by Crippen LogP contribution is 2.25. The van der Waals surface area contributed by atoms with E-state index in [0.29, 0.717) is 22.2 Å². The number of pyridine rings is 1. The molecule has 0 unspecified atom stereocenters. The summed E-state index contributed by atoms with van der Waals surface area (Å²) in [4.78, 5) is 21.6. The number of imidazole rings is 1. The normalized spacial score (nSPS) is 10.9. The van der Waals surface area contributed by atoms with Crippen molar-refractivity contribution in [1.82, 2.24) is 14.5 Å². The lowest BCUT2D eigenvalue weighted by Gasteiger charge is -2.12. The second-order valence-corrected chi connectivity index (χ2v) is 6.55. The topological polar surface area (TPSA) is 59.8 Å². The van der Waals surface area contributed by atoms with E-state index in [2.05, 4.69) is 15.3 Å². The van der Waals surface area contributed by atoms with Gasteiger partial charge in [0.05, 0.1) is 17.4 Å². The molecule has 0 aliphatic rings. The minimum atomic E-state index is -0.334. The highest BCUT2D eigenvalue weighted by molar-refractivity contribution is 7.98. The molecule has 5 nitrogen and oxygen atoms in total. The Morgan fingerprint density at radius 1 is 1.07 bits per heavy atom. The second-order valence-electron chi connectivity index (χ2n) is 5.77. The van der Waals surface area contributed by atoms with Gasteiger partial charge >= 0.3 is 0 Å². The van der Waals surface area contributed by atoms with Crippen LogP contribution >= 0.6 is 11.8 Å². The van der Waals surface area contributed by atoms with Gasteiger partial charge in [0, 0.05) is 17.3 Å². The molecule has 0 radical (unpaired) electrons. The summed E-state index contributed by atoms with van der Waals surface area (Å²) in [7, 11) is 0. The summed E-state index contributed by atoms with van der Waals surface area (Å²) in [6, 6.07) is 15.2. The van der Waals surface area contributed by atoms with Crippen LogP contribution in [0.3, 0.4) is 0 Å². The van der Waals surface area contributed by atoms with Gasteiger partial charge in [0.1, 0.15) is 11.5 Å². The van der Waals surface area contributed by atoms with Gasteiger partial charge in [-0.15, -0.1) is 0 Å². The smallest absolute Gasteiger partial charge is 0.274 e. The van der Waals surface area contributed by atoms with Gasteiger partial charge in [0.25, 0.3) is 5.91 Å². The minimum absolute atomic E-state index is 0.302. The van der Waals surface area contributed by atoms with Crippen LogP contribution in [0.2, 0.25) is 0 Å². The van der Waals surface area contributed by atoms with E-state index in [-0.39, 0.29) is 11.7 Å². The van der Waals surface area contributed by atoms with Crippen LogP contribution < -0.4 is 5.32 Å². The average molecular weight is 378 g/mol. The molecular weight excluding hydrogens is 363 g/mol. The van der Waals surface area contributed by atoms with Crippen LogP contribution in [0, 0.1) is 5.82 Å². The highest BCUT2D eigenvalue weighted by Gasteiger charge is 2.18. The molecule has 0 fully saturated rings. The Kier molecular flexibility index (Phi) is 4.60. The number of hydrogen-bond donors (Lipinski definition) is 1. The van der Waals surface area contributed by atoms with Crippen molar-refractivity contribution < 1.29 is 9.18 Å². The first-order valence-electron chi connectivity index (χ1n) is 8.20. The summed E-state index contributed by atoms with van der Waals surface area (Å²) < 4.78 is 15.0. The molecule has 2 aromatic heterocycles. The van der Waals surface area contributed by atoms with E-state index in [4.69, 9.17) is 0 Å². The van der Waals surface area contributed by atoms with Crippen LogP contribution in [-0.4, -0.2) is 26.7 Å². The van der Waals surface area contributed by atoms with Crippen molar-refractivity contribution in [3.63, 3.8) is 0 Å². The molecule has 2 aromatic carbocycles. The van der Waals surface area contributed by atoms with E-state index in [1.807, 2.05) is 36.6 Å². The molecule has 27 heavy (non-hydrogen) atoms. The third-order valence-corrected chi connectivity index (χ3v) is 4.78. The number of halogens is 1. The number of carbonyl (C=O) groups is 1. The van der Waals surface area contributed by atoms with Crippen LogP contribution in [0.15, 0.2) is 72.1 Å². The van der Waals surface area contributed by atoms with E-state index in [9.17, 15) is 9.18 Å². The van der Waals surface area contributed by atoms with Crippen molar-refractivity contribution >= 4 is 34.3 Å². The molecule has 1 N–H and O–H groups in total. The summed E-state index contributed by atoms with van der Waals surface area (Å²) in [5, 5.41) is 4.43. The Hall–Kier alpha value is -3.19. The van der Waals surface area contributed by atoms with Gasteiger partial charge in [0.15, 0.2) is 5.16 Å². The van der Waals surface area contributed by atoms with Crippen molar-refractivity contribution in [2.45, 2.75) is 5.16 Å². The molecule has 1 amide bonds. The minimum Gasteiger partial charge on any atom is -0.320 e. The van der Waals surface area contributed by atoms with Crippen molar-refractivity contribution in [1.29, 1.82) is 0 Å². The molecule has 0 bridgehead atoms. The van der Waals surface area contributed by atoms with E-state index in [1.165, 1.54) is 30.1 Å². The lowest BCUT2D eigenvalue weighted by atomic mass is 10.2. The molecule has 2 heterocycles. The number of benzene rings is 2. The number of rotatable bonds is 4. The van der Waals surface area contributed by atoms with Crippen LogP contribution in [0.4, 0.5) is 10.1 Å². The monoisotopic (exact) mass is 378 g/mol. The maximum Gasteiger partial charge on any atom is 0.274 e. The zero-order valence-electron chi connectivity index (χ0n) is 14.4. The maximum absolute atomic E-state index is 13.3. The molecule has 0 aliphatic carbocycles. The first-order chi connectivity index (χ1) is 13.2. The van der Waals surface area contributed by atoms with E-state index in [1.54, 1.807) is 22.9 Å². The zero-order valence-corrected chi connectivity index (χ0v) is 15.2. The number of fused-ring (bicyclic) bond motifs is 1. The molecule has 0 saturated carbocycles. The zero-order chi connectivity index (χ0) is 18.8. The molecule has 0 atom stereocenters. The van der Waals surface area contributed by atoms with Gasteiger partial charge in [-0.05, 0) is 54.8 Å². The maximum atomic E-state index is 13.3. The number of thioether (sulfide) groups is 1. The first kappa shape index (κ1) is 17.2. The number of aromatic nitrogens is 3. The van der Waals surface area contributed by atoms with Crippen LogP contribution in [0.5, 0.6) is 0 Å². The Morgan fingerprint density at radius 3 is 2.67 bits per heavy atom. The quantitative estimate of drug-likeness (QED) is 0.530. The van der Waals surface area contributed by atoms with Crippen molar-refractivity contribution in [2.24, 2.45) is 0 Å². The molecule has 7 heteroatoms. The van der Waals surface area contributed by atoms with Crippen molar-refractivity contribution in [3.8, 4) is 5.69 Å². The number of nitrogens with one attached hydrogen (secondary N) is 1. The Labute approximate surface area is 159 Å². The van der Waals surface area contributed by atoms with E-state index < -0.39 is 0 Å². The lowest BCUT2D eigenvalue weighted by Crippen LogP contribution is -2.17. The standard InChI is InChI=1S/C20H15FN4OS/c1-27-20-23-12-18(25(20)14-9-7-13(21)8-10-14)19(26)24-17-6-2-5-16-15(17)4-3-11-22-16/h2-12H,1H3,(H,24,26). The number of anilines is 1. The van der Waals surface area contributed by atoms with Gasteiger partial charge < -0.3 is 5.32 Å². The third kappa shape index (κ3) is 3.29. The van der Waals surface area contributed by atoms with Crippen LogP contribution in [0.1, 0.15) is 10.5 Å². The predicted octanol–water partition coefficient (Wildman–Crippen LogP) is 4.53. The second kappa shape index (κ2) is 7.20. The van der Waals surface area contributed by atoms with Gasteiger partial charge in [-0.2, -0.15) is 0 Å². The van der Waals surface area contributed by atoms with Gasteiger partial charge in [-0.3, -0.25) is 14.3 Å². The fraction of sp³-hybridized carbons (Fsp3) is 0.0500. The number of amides is 1.